The fourth-order valence-electron chi connectivity index (χ4n) is 1.48. The van der Waals surface area contributed by atoms with Gasteiger partial charge >= 0.3 is 5.97 Å². The van der Waals surface area contributed by atoms with Gasteiger partial charge in [-0.05, 0) is 24.6 Å². The van der Waals surface area contributed by atoms with Crippen molar-refractivity contribution < 1.29 is 14.3 Å². The van der Waals surface area contributed by atoms with Gasteiger partial charge in [0.05, 0.1) is 12.3 Å². The van der Waals surface area contributed by atoms with Crippen molar-refractivity contribution in [3.63, 3.8) is 0 Å². The molecule has 0 spiro atoms. The molecule has 4 heteroatoms. The summed E-state index contributed by atoms with van der Waals surface area (Å²) in [5, 5.41) is 0. The van der Waals surface area contributed by atoms with Crippen molar-refractivity contribution in [2.45, 2.75) is 19.4 Å². The Morgan fingerprint density at radius 2 is 2.33 bits per heavy atom. The van der Waals surface area contributed by atoms with E-state index in [1.54, 1.807) is 6.07 Å². The third-order valence-electron chi connectivity index (χ3n) is 2.33. The number of esters is 1. The molecule has 4 nitrogen and oxygen atoms in total. The first-order chi connectivity index (χ1) is 7.16. The highest BCUT2D eigenvalue weighted by Crippen LogP contribution is 2.25. The normalized spacial score (nSPS) is 20.1. The molecule has 1 unspecified atom stereocenters. The minimum absolute atomic E-state index is 0.309. The van der Waals surface area contributed by atoms with E-state index in [2.05, 4.69) is 0 Å². The molecule has 1 aromatic rings. The number of nitrogens with two attached hydrogens (primary N) is 1. The van der Waals surface area contributed by atoms with Gasteiger partial charge in [-0.2, -0.15) is 0 Å². The summed E-state index contributed by atoms with van der Waals surface area (Å²) < 4.78 is 10.3. The Morgan fingerprint density at radius 1 is 1.53 bits per heavy atom. The molecule has 1 heterocycles. The van der Waals surface area contributed by atoms with Gasteiger partial charge in [-0.3, -0.25) is 0 Å². The largest absolute Gasteiger partial charge is 0.476 e. The Kier molecular flexibility index (Phi) is 2.49. The predicted octanol–water partition coefficient (Wildman–Crippen LogP) is 1.27. The van der Waals surface area contributed by atoms with E-state index in [-0.39, 0.29) is 5.97 Å². The Labute approximate surface area is 88.0 Å². The second-order valence-electron chi connectivity index (χ2n) is 3.60. The molecule has 1 aliphatic rings. The average molecular weight is 207 g/mol. The van der Waals surface area contributed by atoms with E-state index in [0.29, 0.717) is 24.5 Å². The monoisotopic (exact) mass is 207 g/mol. The van der Waals surface area contributed by atoms with Crippen LogP contribution in [0.2, 0.25) is 0 Å². The summed E-state index contributed by atoms with van der Waals surface area (Å²) in [6, 6.07) is 5.49. The lowest BCUT2D eigenvalue weighted by atomic mass is 10.2. The van der Waals surface area contributed by atoms with Crippen LogP contribution >= 0.6 is 0 Å². The highest BCUT2D eigenvalue weighted by Gasteiger charge is 2.28. The molecule has 1 aliphatic heterocycles. The van der Waals surface area contributed by atoms with Crippen molar-refractivity contribution in [1.82, 2.24) is 0 Å². The number of cyclic esters (lactones) is 1. The zero-order valence-electron chi connectivity index (χ0n) is 8.53. The van der Waals surface area contributed by atoms with Gasteiger partial charge in [-0.1, -0.05) is 6.07 Å². The maximum atomic E-state index is 11.2. The lowest BCUT2D eigenvalue weighted by Crippen LogP contribution is -2.22. The zero-order valence-corrected chi connectivity index (χ0v) is 8.53. The number of nitrogen functional groups attached to an aromatic ring is 1. The number of aryl methyl sites for hydroxylation is 1. The molecule has 0 saturated carbocycles. The van der Waals surface area contributed by atoms with Crippen LogP contribution in [0.25, 0.3) is 0 Å². The van der Waals surface area contributed by atoms with Crippen LogP contribution in [0.5, 0.6) is 5.75 Å². The molecule has 0 radical (unpaired) electrons. The Balaban J connectivity index is 2.16. The smallest absolute Gasteiger partial charge is 0.347 e. The van der Waals surface area contributed by atoms with Gasteiger partial charge in [0.2, 0.25) is 0 Å². The number of carbonyl (C=O) groups is 1. The number of hydrogen-bond donors (Lipinski definition) is 1. The van der Waals surface area contributed by atoms with E-state index in [9.17, 15) is 4.79 Å². The van der Waals surface area contributed by atoms with Crippen molar-refractivity contribution in [3.05, 3.63) is 23.8 Å². The number of hydrogen-bond acceptors (Lipinski definition) is 4. The molecule has 80 valence electrons. The van der Waals surface area contributed by atoms with Crippen LogP contribution in [0.4, 0.5) is 5.69 Å². The summed E-state index contributed by atoms with van der Waals surface area (Å²) in [4.78, 5) is 11.2. The van der Waals surface area contributed by atoms with Gasteiger partial charge in [0, 0.05) is 6.42 Å². The molecular formula is C11H13NO3. The number of ether oxygens (including phenoxy) is 2. The minimum atomic E-state index is -0.505. The molecule has 0 aliphatic carbocycles. The number of anilines is 1. The van der Waals surface area contributed by atoms with Gasteiger partial charge in [-0.15, -0.1) is 0 Å². The predicted molar refractivity (Wildman–Crippen MR) is 55.6 cm³/mol. The van der Waals surface area contributed by atoms with Crippen molar-refractivity contribution in [3.8, 4) is 5.75 Å². The quantitative estimate of drug-likeness (QED) is 0.586. The van der Waals surface area contributed by atoms with Crippen molar-refractivity contribution in [1.29, 1.82) is 0 Å². The van der Waals surface area contributed by atoms with Crippen LogP contribution in [0, 0.1) is 6.92 Å². The molecule has 2 N–H and O–H groups in total. The first-order valence-electron chi connectivity index (χ1n) is 4.86. The molecular weight excluding hydrogens is 194 g/mol. The molecule has 1 fully saturated rings. The Bertz CT molecular complexity index is 389. The molecule has 1 atom stereocenters. The van der Waals surface area contributed by atoms with E-state index in [1.807, 2.05) is 19.1 Å². The Hall–Kier alpha value is -1.71. The summed E-state index contributed by atoms with van der Waals surface area (Å²) in [7, 11) is 0. The summed E-state index contributed by atoms with van der Waals surface area (Å²) in [5.41, 5.74) is 7.32. The molecule has 1 aromatic carbocycles. The highest BCUT2D eigenvalue weighted by molar-refractivity contribution is 5.77. The number of carbonyl (C=O) groups excluding carboxylic acids is 1. The van der Waals surface area contributed by atoms with Gasteiger partial charge in [0.15, 0.2) is 6.10 Å². The maximum absolute atomic E-state index is 11.2. The first kappa shape index (κ1) is 9.83. The van der Waals surface area contributed by atoms with Gasteiger partial charge in [-0.25, -0.2) is 4.79 Å². The highest BCUT2D eigenvalue weighted by atomic mass is 16.6. The van der Waals surface area contributed by atoms with Crippen LogP contribution in [0.1, 0.15) is 12.0 Å². The third kappa shape index (κ3) is 2.03. The number of rotatable bonds is 2. The van der Waals surface area contributed by atoms with E-state index >= 15 is 0 Å². The minimum Gasteiger partial charge on any atom is -0.476 e. The van der Waals surface area contributed by atoms with Crippen molar-refractivity contribution in [2.24, 2.45) is 0 Å². The third-order valence-corrected chi connectivity index (χ3v) is 2.33. The topological polar surface area (TPSA) is 61.6 Å². The lowest BCUT2D eigenvalue weighted by Gasteiger charge is -2.12. The Morgan fingerprint density at radius 3 is 3.00 bits per heavy atom. The van der Waals surface area contributed by atoms with Crippen LogP contribution in [-0.2, 0) is 9.53 Å². The molecule has 15 heavy (non-hydrogen) atoms. The van der Waals surface area contributed by atoms with E-state index in [4.69, 9.17) is 15.2 Å². The standard InChI is InChI=1S/C11H13NO3/c1-7-2-3-8(12)10(6-7)15-9-4-5-14-11(9)13/h2-3,6,9H,4-5,12H2,1H3. The molecule has 1 saturated heterocycles. The molecule has 0 amide bonds. The van der Waals surface area contributed by atoms with Crippen LogP contribution in [-0.4, -0.2) is 18.7 Å². The molecule has 0 aromatic heterocycles. The van der Waals surface area contributed by atoms with Crippen LogP contribution in [0.15, 0.2) is 18.2 Å². The van der Waals surface area contributed by atoms with Crippen LogP contribution in [0.3, 0.4) is 0 Å². The fraction of sp³-hybridized carbons (Fsp3) is 0.364. The average Bonchev–Trinajstić information content (AvgIpc) is 2.58. The van der Waals surface area contributed by atoms with Crippen molar-refractivity contribution >= 4 is 11.7 Å². The van der Waals surface area contributed by atoms with Gasteiger partial charge in [0.1, 0.15) is 5.75 Å². The van der Waals surface area contributed by atoms with E-state index < -0.39 is 6.10 Å². The van der Waals surface area contributed by atoms with Gasteiger partial charge < -0.3 is 15.2 Å². The number of benzene rings is 1. The summed E-state index contributed by atoms with van der Waals surface area (Å²) in [6.07, 6.45) is 0.0840. The second kappa shape index (κ2) is 3.81. The van der Waals surface area contributed by atoms with Crippen molar-refractivity contribution in [2.75, 3.05) is 12.3 Å². The lowest BCUT2D eigenvalue weighted by molar-refractivity contribution is -0.143. The first-order valence-corrected chi connectivity index (χ1v) is 4.86. The second-order valence-corrected chi connectivity index (χ2v) is 3.60. The summed E-state index contributed by atoms with van der Waals surface area (Å²) in [5.74, 6) is 0.245. The molecule has 2 rings (SSSR count). The van der Waals surface area contributed by atoms with E-state index in [1.165, 1.54) is 0 Å². The van der Waals surface area contributed by atoms with Crippen LogP contribution < -0.4 is 10.5 Å². The van der Waals surface area contributed by atoms with Gasteiger partial charge in [0.25, 0.3) is 0 Å². The summed E-state index contributed by atoms with van der Waals surface area (Å²) >= 11 is 0. The van der Waals surface area contributed by atoms with E-state index in [0.717, 1.165) is 5.56 Å². The zero-order chi connectivity index (χ0) is 10.8. The maximum Gasteiger partial charge on any atom is 0.347 e. The SMILES string of the molecule is Cc1ccc(N)c(OC2CCOC2=O)c1. The fourth-order valence-corrected chi connectivity index (χ4v) is 1.48. The molecule has 0 bridgehead atoms. The summed E-state index contributed by atoms with van der Waals surface area (Å²) in [6.45, 7) is 2.37.